The van der Waals surface area contributed by atoms with Gasteiger partial charge in [0, 0.05) is 0 Å². The van der Waals surface area contributed by atoms with Crippen LogP contribution in [-0.2, 0) is 15.8 Å². The number of rotatable bonds is 7. The highest BCUT2D eigenvalue weighted by Gasteiger charge is 2.34. The average Bonchev–Trinajstić information content (AvgIpc) is 2.51. The second-order valence-corrected chi connectivity index (χ2v) is 6.84. The molecule has 0 radical (unpaired) electrons. The number of benzene rings is 2. The number of nitrogens with one attached hydrogen (secondary N) is 1. The topological polar surface area (TPSA) is 107 Å². The molecule has 0 unspecified atom stereocenters. The zero-order valence-corrected chi connectivity index (χ0v) is 13.1. The molecule has 7 heteroatoms. The number of hydrogen-bond acceptors (Lipinski definition) is 3. The summed E-state index contributed by atoms with van der Waals surface area (Å²) in [5.41, 5.74) is 1.12. The molecular weight excluding hydrogens is 317 g/mol. The van der Waals surface area contributed by atoms with Gasteiger partial charge in [-0.25, -0.2) is 0 Å². The van der Waals surface area contributed by atoms with Crippen LogP contribution < -0.4 is 5.32 Å². The summed E-state index contributed by atoms with van der Waals surface area (Å²) in [6, 6.07) is 15.9. The van der Waals surface area contributed by atoms with E-state index in [1.54, 1.807) is 54.6 Å². The highest BCUT2D eigenvalue weighted by atomic mass is 31.2. The standard InChI is InChI=1S/C16H18NO5P/c18-16(19)14(11-12-7-3-1-4-8-12)17-15(23(20,21)22)13-9-5-2-6-10-13/h1-10,14-15,17H,11H2,(H,18,19)(H2,20,21,22)/t14-,15-/m0/s1. The molecule has 0 saturated carbocycles. The molecule has 0 aliphatic heterocycles. The molecule has 2 aromatic carbocycles. The number of hydrogen-bond donors (Lipinski definition) is 4. The number of carboxylic acids is 1. The van der Waals surface area contributed by atoms with E-state index in [1.165, 1.54) is 0 Å². The van der Waals surface area contributed by atoms with Crippen molar-refractivity contribution in [3.8, 4) is 0 Å². The normalized spacial score (nSPS) is 14.2. The molecule has 0 aliphatic carbocycles. The molecular formula is C16H18NO5P. The lowest BCUT2D eigenvalue weighted by atomic mass is 10.1. The summed E-state index contributed by atoms with van der Waals surface area (Å²) < 4.78 is 11.8. The Morgan fingerprint density at radius 2 is 1.52 bits per heavy atom. The van der Waals surface area contributed by atoms with E-state index in [2.05, 4.69) is 5.32 Å². The van der Waals surface area contributed by atoms with Gasteiger partial charge in [0.05, 0.1) is 0 Å². The number of aliphatic carboxylic acids is 1. The Hall–Kier alpha value is -1.98. The first-order valence-electron chi connectivity index (χ1n) is 7.01. The third-order valence-electron chi connectivity index (χ3n) is 3.39. The van der Waals surface area contributed by atoms with Crippen LogP contribution in [0, 0.1) is 0 Å². The highest BCUT2D eigenvalue weighted by Crippen LogP contribution is 2.50. The molecule has 0 aromatic heterocycles. The van der Waals surface area contributed by atoms with Crippen molar-refractivity contribution >= 4 is 13.6 Å². The lowest BCUT2D eigenvalue weighted by Crippen LogP contribution is -2.40. The first kappa shape index (κ1) is 17.4. The monoisotopic (exact) mass is 335 g/mol. The molecule has 0 saturated heterocycles. The molecule has 2 aromatic rings. The van der Waals surface area contributed by atoms with Crippen molar-refractivity contribution in [1.29, 1.82) is 0 Å². The Bertz CT molecular complexity index is 686. The van der Waals surface area contributed by atoms with E-state index in [4.69, 9.17) is 0 Å². The van der Waals surface area contributed by atoms with Gasteiger partial charge in [-0.1, -0.05) is 60.7 Å². The lowest BCUT2D eigenvalue weighted by molar-refractivity contribution is -0.139. The molecule has 0 fully saturated rings. The van der Waals surface area contributed by atoms with E-state index in [1.807, 2.05) is 6.07 Å². The van der Waals surface area contributed by atoms with Crippen LogP contribution in [0.1, 0.15) is 16.9 Å². The lowest BCUT2D eigenvalue weighted by Gasteiger charge is -2.24. The van der Waals surface area contributed by atoms with Crippen molar-refractivity contribution in [1.82, 2.24) is 5.32 Å². The van der Waals surface area contributed by atoms with Crippen LogP contribution in [0.15, 0.2) is 60.7 Å². The van der Waals surface area contributed by atoms with Gasteiger partial charge in [0.15, 0.2) is 0 Å². The molecule has 0 spiro atoms. The van der Waals surface area contributed by atoms with Crippen molar-refractivity contribution < 1.29 is 24.3 Å². The molecule has 2 atom stereocenters. The Balaban J connectivity index is 2.25. The zero-order valence-electron chi connectivity index (χ0n) is 12.2. The van der Waals surface area contributed by atoms with E-state index in [0.717, 1.165) is 5.56 Å². The Morgan fingerprint density at radius 3 is 2.00 bits per heavy atom. The SMILES string of the molecule is O=C(O)[C@H](Cc1ccccc1)N[C@H](c1ccccc1)P(=O)(O)O. The quantitative estimate of drug-likeness (QED) is 0.578. The van der Waals surface area contributed by atoms with Gasteiger partial charge in [-0.3, -0.25) is 14.7 Å². The molecule has 4 N–H and O–H groups in total. The van der Waals surface area contributed by atoms with Gasteiger partial charge in [0.25, 0.3) is 0 Å². The van der Waals surface area contributed by atoms with Crippen LogP contribution >= 0.6 is 7.60 Å². The molecule has 122 valence electrons. The maximum absolute atomic E-state index is 11.8. The largest absolute Gasteiger partial charge is 0.480 e. The predicted molar refractivity (Wildman–Crippen MR) is 85.9 cm³/mol. The molecule has 0 amide bonds. The third kappa shape index (κ3) is 5.01. The van der Waals surface area contributed by atoms with E-state index >= 15 is 0 Å². The molecule has 0 heterocycles. The number of carbonyl (C=O) groups is 1. The van der Waals surface area contributed by atoms with Crippen LogP contribution in [0.5, 0.6) is 0 Å². The second kappa shape index (κ2) is 7.53. The van der Waals surface area contributed by atoms with Gasteiger partial charge < -0.3 is 14.9 Å². The van der Waals surface area contributed by atoms with E-state index in [9.17, 15) is 24.3 Å². The van der Waals surface area contributed by atoms with E-state index in [0.29, 0.717) is 5.56 Å². The first-order valence-corrected chi connectivity index (χ1v) is 8.69. The third-order valence-corrected chi connectivity index (χ3v) is 4.51. The maximum Gasteiger partial charge on any atom is 0.346 e. The maximum atomic E-state index is 11.8. The van der Waals surface area contributed by atoms with Crippen LogP contribution in [0.4, 0.5) is 0 Å². The smallest absolute Gasteiger partial charge is 0.346 e. The minimum Gasteiger partial charge on any atom is -0.480 e. The summed E-state index contributed by atoms with van der Waals surface area (Å²) in [6.07, 6.45) is 0.125. The minimum atomic E-state index is -4.57. The van der Waals surface area contributed by atoms with Crippen LogP contribution in [-0.4, -0.2) is 26.9 Å². The summed E-state index contributed by atoms with van der Waals surface area (Å²) >= 11 is 0. The first-order chi connectivity index (χ1) is 10.9. The summed E-state index contributed by atoms with van der Waals surface area (Å²) in [5.74, 6) is -2.53. The van der Waals surface area contributed by atoms with Crippen molar-refractivity contribution in [3.05, 3.63) is 71.8 Å². The fourth-order valence-corrected chi connectivity index (χ4v) is 3.22. The fraction of sp³-hybridized carbons (Fsp3) is 0.188. The van der Waals surface area contributed by atoms with Gasteiger partial charge in [-0.15, -0.1) is 0 Å². The van der Waals surface area contributed by atoms with Gasteiger partial charge in [-0.2, -0.15) is 0 Å². The van der Waals surface area contributed by atoms with Crippen LogP contribution in [0.3, 0.4) is 0 Å². The Kier molecular flexibility index (Phi) is 5.69. The van der Waals surface area contributed by atoms with Crippen molar-refractivity contribution in [2.45, 2.75) is 18.2 Å². The van der Waals surface area contributed by atoms with Crippen LogP contribution in [0.2, 0.25) is 0 Å². The van der Waals surface area contributed by atoms with E-state index in [-0.39, 0.29) is 6.42 Å². The molecule has 2 rings (SSSR count). The highest BCUT2D eigenvalue weighted by molar-refractivity contribution is 7.52. The van der Waals surface area contributed by atoms with Crippen molar-refractivity contribution in [3.63, 3.8) is 0 Å². The molecule has 0 bridgehead atoms. The summed E-state index contributed by atoms with van der Waals surface area (Å²) in [4.78, 5) is 30.6. The van der Waals surface area contributed by atoms with Crippen molar-refractivity contribution in [2.75, 3.05) is 0 Å². The van der Waals surface area contributed by atoms with Gasteiger partial charge >= 0.3 is 13.6 Å². The van der Waals surface area contributed by atoms with Gasteiger partial charge in [-0.05, 0) is 17.5 Å². The number of carboxylic acid groups (broad SMARTS) is 1. The molecule has 6 nitrogen and oxygen atoms in total. The molecule has 0 aliphatic rings. The Labute approximate surface area is 134 Å². The second-order valence-electron chi connectivity index (χ2n) is 5.15. The van der Waals surface area contributed by atoms with Crippen molar-refractivity contribution in [2.24, 2.45) is 0 Å². The average molecular weight is 335 g/mol. The minimum absolute atomic E-state index is 0.125. The van der Waals surface area contributed by atoms with Gasteiger partial charge in [0.1, 0.15) is 11.8 Å². The predicted octanol–water partition coefficient (Wildman–Crippen LogP) is 2.15. The zero-order chi connectivity index (χ0) is 16.9. The summed E-state index contributed by atoms with van der Waals surface area (Å²) in [7, 11) is -4.57. The fourth-order valence-electron chi connectivity index (χ4n) is 2.28. The summed E-state index contributed by atoms with van der Waals surface area (Å²) in [6.45, 7) is 0. The van der Waals surface area contributed by atoms with E-state index < -0.39 is 25.4 Å². The Morgan fingerprint density at radius 1 is 1.00 bits per heavy atom. The molecule has 23 heavy (non-hydrogen) atoms. The van der Waals surface area contributed by atoms with Gasteiger partial charge in [0.2, 0.25) is 0 Å². The van der Waals surface area contributed by atoms with Crippen LogP contribution in [0.25, 0.3) is 0 Å². The summed E-state index contributed by atoms with van der Waals surface area (Å²) in [5, 5.41) is 12.0.